The first-order valence-corrected chi connectivity index (χ1v) is 17.4. The van der Waals surface area contributed by atoms with Crippen molar-refractivity contribution in [2.45, 2.75) is 30.5 Å². The zero-order valence-corrected chi connectivity index (χ0v) is 29.5. The SMILES string of the molecule is CCn1c2ccccc2c2cc(NC(=O)C(C)Sc3ccc(NC(=O)/C(=C/c4ccc(OC)c(OC)c4)NC(=O)c4ccccc4)cc3)ccc21. The molecule has 1 aromatic heterocycles. The van der Waals surface area contributed by atoms with Crippen molar-refractivity contribution in [3.05, 3.63) is 132 Å². The molecule has 1 atom stereocenters. The predicted molar refractivity (Wildman–Crippen MR) is 206 cm³/mol. The highest BCUT2D eigenvalue weighted by Gasteiger charge is 2.18. The number of carbonyl (C=O) groups excluding carboxylic acids is 3. The van der Waals surface area contributed by atoms with Crippen molar-refractivity contribution >= 4 is 68.7 Å². The van der Waals surface area contributed by atoms with E-state index in [1.807, 2.05) is 49.4 Å². The molecule has 258 valence electrons. The monoisotopic (exact) mass is 698 g/mol. The molecule has 1 heterocycles. The number of aromatic nitrogens is 1. The lowest BCUT2D eigenvalue weighted by Gasteiger charge is -2.14. The maximum absolute atomic E-state index is 13.6. The molecule has 0 saturated carbocycles. The normalized spacial score (nSPS) is 12.0. The number of thioether (sulfide) groups is 1. The van der Waals surface area contributed by atoms with Crippen LogP contribution in [0.25, 0.3) is 27.9 Å². The first-order chi connectivity index (χ1) is 24.8. The van der Waals surface area contributed by atoms with E-state index in [9.17, 15) is 14.4 Å². The topological polar surface area (TPSA) is 111 Å². The zero-order chi connectivity index (χ0) is 35.9. The maximum atomic E-state index is 13.6. The summed E-state index contributed by atoms with van der Waals surface area (Å²) in [4.78, 5) is 40.7. The molecule has 0 aliphatic heterocycles. The standard InChI is InChI=1S/C41H38N4O5S/c1-5-45-35-14-10-9-13-32(35)33-25-30(18-21-36(33)45)43-39(46)26(2)51-31-19-16-29(17-20-31)42-41(48)34(44-40(47)28-11-7-6-8-12-28)23-27-15-22-37(49-3)38(24-27)50-4/h6-26H,5H2,1-4H3,(H,42,48)(H,43,46)(H,44,47)/b34-23-. The third-order valence-corrected chi connectivity index (χ3v) is 9.51. The number of hydrogen-bond acceptors (Lipinski definition) is 6. The fourth-order valence-corrected chi connectivity index (χ4v) is 6.71. The van der Waals surface area contributed by atoms with Gasteiger partial charge in [0.25, 0.3) is 11.8 Å². The Morgan fingerprint density at radius 2 is 1.43 bits per heavy atom. The molecule has 3 N–H and O–H groups in total. The summed E-state index contributed by atoms with van der Waals surface area (Å²) in [7, 11) is 3.07. The number of para-hydroxylation sites is 1. The van der Waals surface area contributed by atoms with Gasteiger partial charge in [0.15, 0.2) is 11.5 Å². The molecule has 10 heteroatoms. The van der Waals surface area contributed by atoms with Crippen molar-refractivity contribution in [2.75, 3.05) is 24.9 Å². The largest absolute Gasteiger partial charge is 0.493 e. The van der Waals surface area contributed by atoms with E-state index in [1.165, 1.54) is 24.4 Å². The summed E-state index contributed by atoms with van der Waals surface area (Å²) < 4.78 is 13.0. The summed E-state index contributed by atoms with van der Waals surface area (Å²) >= 11 is 1.41. The minimum absolute atomic E-state index is 0.0391. The molecule has 0 fully saturated rings. The number of hydrogen-bond donors (Lipinski definition) is 3. The number of aryl methyl sites for hydroxylation is 1. The van der Waals surface area contributed by atoms with Crippen LogP contribution in [0.15, 0.2) is 126 Å². The molecule has 51 heavy (non-hydrogen) atoms. The summed E-state index contributed by atoms with van der Waals surface area (Å²) in [6.45, 7) is 4.84. The van der Waals surface area contributed by atoms with E-state index >= 15 is 0 Å². The molecule has 0 radical (unpaired) electrons. The quantitative estimate of drug-likeness (QED) is 0.0876. The van der Waals surface area contributed by atoms with Crippen LogP contribution in [0.2, 0.25) is 0 Å². The summed E-state index contributed by atoms with van der Waals surface area (Å²) in [6, 6.07) is 35.4. The first-order valence-electron chi connectivity index (χ1n) is 16.5. The van der Waals surface area contributed by atoms with Crippen molar-refractivity contribution in [2.24, 2.45) is 0 Å². The Bertz CT molecular complexity index is 2250. The average molecular weight is 699 g/mol. The van der Waals surface area contributed by atoms with Gasteiger partial charge in [-0.2, -0.15) is 0 Å². The van der Waals surface area contributed by atoms with E-state index in [2.05, 4.69) is 45.6 Å². The Kier molecular flexibility index (Phi) is 10.7. The van der Waals surface area contributed by atoms with Crippen LogP contribution in [0.1, 0.15) is 29.8 Å². The molecular weight excluding hydrogens is 661 g/mol. The zero-order valence-electron chi connectivity index (χ0n) is 28.7. The van der Waals surface area contributed by atoms with Crippen LogP contribution in [0.4, 0.5) is 11.4 Å². The Balaban J connectivity index is 1.13. The van der Waals surface area contributed by atoms with Gasteiger partial charge in [-0.05, 0) is 98.3 Å². The summed E-state index contributed by atoms with van der Waals surface area (Å²) in [6.07, 6.45) is 1.57. The van der Waals surface area contributed by atoms with Crippen LogP contribution < -0.4 is 25.4 Å². The van der Waals surface area contributed by atoms with Gasteiger partial charge in [0.05, 0.1) is 19.5 Å². The molecule has 9 nitrogen and oxygen atoms in total. The fourth-order valence-electron chi connectivity index (χ4n) is 5.84. The third-order valence-electron chi connectivity index (χ3n) is 8.40. The number of carbonyl (C=O) groups is 3. The molecule has 3 amide bonds. The maximum Gasteiger partial charge on any atom is 0.272 e. The number of methoxy groups -OCH3 is 2. The van der Waals surface area contributed by atoms with Crippen LogP contribution in [-0.2, 0) is 16.1 Å². The molecule has 1 unspecified atom stereocenters. The molecule has 5 aromatic carbocycles. The number of nitrogens with zero attached hydrogens (tertiary/aromatic N) is 1. The van der Waals surface area contributed by atoms with E-state index in [4.69, 9.17) is 9.47 Å². The highest BCUT2D eigenvalue weighted by Crippen LogP contribution is 2.32. The number of benzene rings is 5. The summed E-state index contributed by atoms with van der Waals surface area (Å²) in [5, 5.41) is 10.6. The lowest BCUT2D eigenvalue weighted by Crippen LogP contribution is -2.30. The smallest absolute Gasteiger partial charge is 0.272 e. The highest BCUT2D eigenvalue weighted by atomic mass is 32.2. The van der Waals surface area contributed by atoms with Gasteiger partial charge in [0.2, 0.25) is 5.91 Å². The number of amides is 3. The summed E-state index contributed by atoms with van der Waals surface area (Å²) in [5.74, 6) is -0.0326. The van der Waals surface area contributed by atoms with Crippen LogP contribution in [-0.4, -0.2) is 41.8 Å². The van der Waals surface area contributed by atoms with Crippen molar-refractivity contribution in [1.82, 2.24) is 9.88 Å². The molecule has 6 rings (SSSR count). The van der Waals surface area contributed by atoms with Gasteiger partial charge in [0.1, 0.15) is 5.70 Å². The van der Waals surface area contributed by atoms with E-state index in [0.29, 0.717) is 28.3 Å². The number of nitrogens with one attached hydrogen (secondary N) is 3. The van der Waals surface area contributed by atoms with Crippen LogP contribution in [0, 0.1) is 0 Å². The second kappa shape index (κ2) is 15.7. The van der Waals surface area contributed by atoms with E-state index in [1.54, 1.807) is 67.8 Å². The summed E-state index contributed by atoms with van der Waals surface area (Å²) in [5.41, 5.74) is 4.64. The van der Waals surface area contributed by atoms with E-state index in [0.717, 1.165) is 33.4 Å². The van der Waals surface area contributed by atoms with Crippen molar-refractivity contribution in [3.8, 4) is 11.5 Å². The predicted octanol–water partition coefficient (Wildman–Crippen LogP) is 8.36. The molecule has 6 aromatic rings. The number of rotatable bonds is 12. The highest BCUT2D eigenvalue weighted by molar-refractivity contribution is 8.00. The first kappa shape index (κ1) is 34.8. The van der Waals surface area contributed by atoms with Gasteiger partial charge in [-0.15, -0.1) is 11.8 Å². The van der Waals surface area contributed by atoms with Gasteiger partial charge in [-0.25, -0.2) is 0 Å². The Labute approximate surface area is 300 Å². The van der Waals surface area contributed by atoms with Gasteiger partial charge in [-0.3, -0.25) is 14.4 Å². The number of anilines is 2. The Morgan fingerprint density at radius 3 is 2.16 bits per heavy atom. The Hall–Kier alpha value is -6.00. The van der Waals surface area contributed by atoms with Crippen molar-refractivity contribution < 1.29 is 23.9 Å². The minimum Gasteiger partial charge on any atom is -0.493 e. The van der Waals surface area contributed by atoms with Gasteiger partial charge in [-0.1, -0.05) is 42.5 Å². The van der Waals surface area contributed by atoms with Crippen LogP contribution in [0.3, 0.4) is 0 Å². The van der Waals surface area contributed by atoms with Crippen LogP contribution >= 0.6 is 11.8 Å². The molecule has 0 aliphatic rings. The molecule has 0 bridgehead atoms. The van der Waals surface area contributed by atoms with E-state index < -0.39 is 11.8 Å². The van der Waals surface area contributed by atoms with Crippen LogP contribution in [0.5, 0.6) is 11.5 Å². The fraction of sp³-hybridized carbons (Fsp3) is 0.146. The van der Waals surface area contributed by atoms with Gasteiger partial charge >= 0.3 is 0 Å². The number of ether oxygens (including phenoxy) is 2. The van der Waals surface area contributed by atoms with Gasteiger partial charge in [0, 0.05) is 50.2 Å². The second-order valence-corrected chi connectivity index (χ2v) is 13.1. The molecular formula is C41H38N4O5S. The number of fused-ring (bicyclic) bond motifs is 3. The lowest BCUT2D eigenvalue weighted by atomic mass is 10.1. The van der Waals surface area contributed by atoms with Crippen molar-refractivity contribution in [1.29, 1.82) is 0 Å². The third kappa shape index (κ3) is 7.92. The van der Waals surface area contributed by atoms with E-state index in [-0.39, 0.29) is 16.9 Å². The Morgan fingerprint density at radius 1 is 0.745 bits per heavy atom. The van der Waals surface area contributed by atoms with Gasteiger partial charge < -0.3 is 30.0 Å². The second-order valence-electron chi connectivity index (χ2n) is 11.7. The van der Waals surface area contributed by atoms with Crippen molar-refractivity contribution in [3.63, 3.8) is 0 Å². The molecule has 0 spiro atoms. The minimum atomic E-state index is -0.513. The average Bonchev–Trinajstić information content (AvgIpc) is 3.48. The lowest BCUT2D eigenvalue weighted by molar-refractivity contribution is -0.115. The molecule has 0 saturated heterocycles. The molecule has 0 aliphatic carbocycles.